The fourth-order valence-corrected chi connectivity index (χ4v) is 1.91. The number of carboxylic acid groups (broad SMARTS) is 1. The molecule has 102 valence electrons. The van der Waals surface area contributed by atoms with Crippen LogP contribution in [0.1, 0.15) is 16.9 Å². The van der Waals surface area contributed by atoms with Gasteiger partial charge in [0.1, 0.15) is 5.69 Å². The van der Waals surface area contributed by atoms with Crippen molar-refractivity contribution < 1.29 is 19.4 Å². The number of hydrogen-bond donors (Lipinski definition) is 3. The number of carbonyl (C=O) groups excluding carboxylic acids is 1. The molecule has 19 heavy (non-hydrogen) atoms. The van der Waals surface area contributed by atoms with E-state index in [4.69, 9.17) is 9.84 Å². The Bertz CT molecular complexity index is 474. The monoisotopic (exact) mass is 265 g/mol. The molecular formula is C12H15N3O4. The summed E-state index contributed by atoms with van der Waals surface area (Å²) in [6, 6.07) is 2.55. The minimum Gasteiger partial charge on any atom is -0.477 e. The van der Waals surface area contributed by atoms with Crippen LogP contribution in [0.2, 0.25) is 0 Å². The molecule has 7 heteroatoms. The molecule has 2 rings (SSSR count). The van der Waals surface area contributed by atoms with Crippen LogP contribution in [0.5, 0.6) is 0 Å². The number of aromatic carboxylic acids is 1. The van der Waals surface area contributed by atoms with Gasteiger partial charge < -0.3 is 20.5 Å². The molecule has 0 radical (unpaired) electrons. The number of nitrogens with zero attached hydrogens (tertiary/aromatic N) is 1. The van der Waals surface area contributed by atoms with Gasteiger partial charge in [0.2, 0.25) is 5.91 Å². The van der Waals surface area contributed by atoms with E-state index in [0.29, 0.717) is 18.7 Å². The van der Waals surface area contributed by atoms with Crippen molar-refractivity contribution in [2.24, 2.45) is 0 Å². The molecule has 0 saturated carbocycles. The fraction of sp³-hybridized carbons (Fsp3) is 0.417. The summed E-state index contributed by atoms with van der Waals surface area (Å²) in [7, 11) is 1.61. The zero-order chi connectivity index (χ0) is 13.8. The third-order valence-corrected chi connectivity index (χ3v) is 2.99. The smallest absolute Gasteiger partial charge is 0.354 e. The summed E-state index contributed by atoms with van der Waals surface area (Å²) in [6.45, 7) is 0.644. The molecule has 1 fully saturated rings. The Morgan fingerprint density at radius 1 is 1.53 bits per heavy atom. The van der Waals surface area contributed by atoms with E-state index in [-0.39, 0.29) is 23.7 Å². The minimum absolute atomic E-state index is 0.0447. The summed E-state index contributed by atoms with van der Waals surface area (Å²) in [5.41, 5.74) is 0.411. The van der Waals surface area contributed by atoms with E-state index in [1.165, 1.54) is 18.3 Å². The molecule has 3 N–H and O–H groups in total. The molecule has 2 heterocycles. The standard InChI is InChI=1S/C12H15N3O4/c1-19-8-4-10(14-6-8)11(16)15-7-2-3-9(12(17)18)13-5-7/h2-3,5,8,10,14H,4,6H2,1H3,(H,15,16)(H,17,18). The predicted octanol–water partition coefficient (Wildman–Crippen LogP) is 0.0952. The van der Waals surface area contributed by atoms with Gasteiger partial charge in [-0.1, -0.05) is 0 Å². The van der Waals surface area contributed by atoms with Crippen LogP contribution in [0.4, 0.5) is 5.69 Å². The van der Waals surface area contributed by atoms with E-state index in [2.05, 4.69) is 15.6 Å². The SMILES string of the molecule is COC1CNC(C(=O)Nc2ccc(C(=O)O)nc2)C1. The number of amides is 1. The molecule has 0 aliphatic carbocycles. The molecule has 1 aliphatic rings. The molecule has 2 atom stereocenters. The van der Waals surface area contributed by atoms with Crippen molar-refractivity contribution in [2.75, 3.05) is 19.0 Å². The number of carbonyl (C=O) groups is 2. The number of ether oxygens (including phenoxy) is 1. The first-order chi connectivity index (χ1) is 9.10. The predicted molar refractivity (Wildman–Crippen MR) is 67.0 cm³/mol. The average Bonchev–Trinajstić information content (AvgIpc) is 2.88. The van der Waals surface area contributed by atoms with Crippen molar-refractivity contribution in [3.63, 3.8) is 0 Å². The largest absolute Gasteiger partial charge is 0.477 e. The second kappa shape index (κ2) is 5.77. The Hall–Kier alpha value is -1.99. The molecule has 1 amide bonds. The highest BCUT2D eigenvalue weighted by Gasteiger charge is 2.29. The number of rotatable bonds is 4. The van der Waals surface area contributed by atoms with Gasteiger partial charge in [-0.2, -0.15) is 0 Å². The van der Waals surface area contributed by atoms with Crippen molar-refractivity contribution >= 4 is 17.6 Å². The van der Waals surface area contributed by atoms with Crippen LogP contribution in [0.25, 0.3) is 0 Å². The van der Waals surface area contributed by atoms with E-state index < -0.39 is 5.97 Å². The Morgan fingerprint density at radius 2 is 2.32 bits per heavy atom. The van der Waals surface area contributed by atoms with Gasteiger partial charge in [-0.3, -0.25) is 4.79 Å². The van der Waals surface area contributed by atoms with Gasteiger partial charge in [-0.25, -0.2) is 9.78 Å². The number of nitrogens with one attached hydrogen (secondary N) is 2. The highest BCUT2D eigenvalue weighted by Crippen LogP contribution is 2.13. The molecule has 0 bridgehead atoms. The summed E-state index contributed by atoms with van der Waals surface area (Å²) in [5.74, 6) is -1.28. The third kappa shape index (κ3) is 3.27. The van der Waals surface area contributed by atoms with Crippen LogP contribution in [0.3, 0.4) is 0 Å². The van der Waals surface area contributed by atoms with Crippen molar-refractivity contribution in [1.82, 2.24) is 10.3 Å². The Balaban J connectivity index is 1.94. The summed E-state index contributed by atoms with van der Waals surface area (Å²) < 4.78 is 5.16. The molecular weight excluding hydrogens is 250 g/mol. The topological polar surface area (TPSA) is 101 Å². The number of methoxy groups -OCH3 is 1. The average molecular weight is 265 g/mol. The second-order valence-electron chi connectivity index (χ2n) is 4.28. The van der Waals surface area contributed by atoms with Gasteiger partial charge in [-0.15, -0.1) is 0 Å². The molecule has 7 nitrogen and oxygen atoms in total. The van der Waals surface area contributed by atoms with Crippen molar-refractivity contribution in [2.45, 2.75) is 18.6 Å². The molecule has 1 aromatic heterocycles. The minimum atomic E-state index is -1.10. The van der Waals surface area contributed by atoms with Gasteiger partial charge in [0, 0.05) is 13.7 Å². The summed E-state index contributed by atoms with van der Waals surface area (Å²) in [4.78, 5) is 26.3. The highest BCUT2D eigenvalue weighted by atomic mass is 16.5. The van der Waals surface area contributed by atoms with Crippen molar-refractivity contribution in [1.29, 1.82) is 0 Å². The zero-order valence-electron chi connectivity index (χ0n) is 10.4. The summed E-state index contributed by atoms with van der Waals surface area (Å²) in [5, 5.41) is 14.5. The lowest BCUT2D eigenvalue weighted by atomic mass is 10.2. The quantitative estimate of drug-likeness (QED) is 0.713. The van der Waals surface area contributed by atoms with E-state index >= 15 is 0 Å². The van der Waals surface area contributed by atoms with Gasteiger partial charge >= 0.3 is 5.97 Å². The molecule has 0 aromatic carbocycles. The Labute approximate surface area is 110 Å². The Kier molecular flexibility index (Phi) is 4.08. The molecule has 1 aliphatic heterocycles. The van der Waals surface area contributed by atoms with Crippen LogP contribution in [0.15, 0.2) is 18.3 Å². The molecule has 2 unspecified atom stereocenters. The summed E-state index contributed by atoms with van der Waals surface area (Å²) >= 11 is 0. The third-order valence-electron chi connectivity index (χ3n) is 2.99. The number of hydrogen-bond acceptors (Lipinski definition) is 5. The van der Waals surface area contributed by atoms with Gasteiger partial charge in [0.05, 0.1) is 24.0 Å². The maximum Gasteiger partial charge on any atom is 0.354 e. The number of pyridine rings is 1. The van der Waals surface area contributed by atoms with E-state index in [9.17, 15) is 9.59 Å². The van der Waals surface area contributed by atoms with Crippen molar-refractivity contribution in [3.05, 3.63) is 24.0 Å². The maximum atomic E-state index is 11.9. The van der Waals surface area contributed by atoms with Crippen LogP contribution >= 0.6 is 0 Å². The van der Waals surface area contributed by atoms with E-state index in [1.807, 2.05) is 0 Å². The summed E-state index contributed by atoms with van der Waals surface area (Å²) in [6.07, 6.45) is 1.98. The van der Waals surface area contributed by atoms with Crippen LogP contribution in [0, 0.1) is 0 Å². The van der Waals surface area contributed by atoms with Gasteiger partial charge in [-0.05, 0) is 18.6 Å². The highest BCUT2D eigenvalue weighted by molar-refractivity contribution is 5.95. The van der Waals surface area contributed by atoms with Gasteiger partial charge in [0.25, 0.3) is 0 Å². The zero-order valence-corrected chi connectivity index (χ0v) is 10.4. The van der Waals surface area contributed by atoms with Gasteiger partial charge in [0.15, 0.2) is 0 Å². The number of aromatic nitrogens is 1. The molecule has 1 aromatic rings. The van der Waals surface area contributed by atoms with Crippen LogP contribution in [-0.2, 0) is 9.53 Å². The molecule has 1 saturated heterocycles. The number of anilines is 1. The lowest BCUT2D eigenvalue weighted by molar-refractivity contribution is -0.118. The maximum absolute atomic E-state index is 11.9. The van der Waals surface area contributed by atoms with E-state index in [0.717, 1.165) is 0 Å². The van der Waals surface area contributed by atoms with E-state index in [1.54, 1.807) is 7.11 Å². The Morgan fingerprint density at radius 3 is 2.84 bits per heavy atom. The molecule has 0 spiro atoms. The lowest BCUT2D eigenvalue weighted by Crippen LogP contribution is -2.35. The second-order valence-corrected chi connectivity index (χ2v) is 4.28. The fourth-order valence-electron chi connectivity index (χ4n) is 1.91. The van der Waals surface area contributed by atoms with Crippen LogP contribution < -0.4 is 10.6 Å². The normalized spacial score (nSPS) is 22.2. The number of carboxylic acids is 1. The first-order valence-corrected chi connectivity index (χ1v) is 5.86. The van der Waals surface area contributed by atoms with Crippen LogP contribution in [-0.4, -0.2) is 47.8 Å². The van der Waals surface area contributed by atoms with Crippen molar-refractivity contribution in [3.8, 4) is 0 Å². The lowest BCUT2D eigenvalue weighted by Gasteiger charge is -2.11. The first kappa shape index (κ1) is 13.4. The first-order valence-electron chi connectivity index (χ1n) is 5.86.